The number of halogens is 1. The van der Waals surface area contributed by atoms with Crippen LogP contribution in [0.3, 0.4) is 0 Å². The molecule has 0 fully saturated rings. The van der Waals surface area contributed by atoms with Gasteiger partial charge in [-0.1, -0.05) is 42.8 Å². The number of rotatable bonds is 6. The van der Waals surface area contributed by atoms with E-state index in [2.05, 4.69) is 48.8 Å². The molecular weight excluding hydrogens is 304 g/mol. The lowest BCUT2D eigenvalue weighted by Crippen LogP contribution is -2.10. The van der Waals surface area contributed by atoms with Crippen molar-refractivity contribution >= 4 is 15.9 Å². The number of alkyl halides is 1. The summed E-state index contributed by atoms with van der Waals surface area (Å²) >= 11 is 3.78. The van der Waals surface area contributed by atoms with Gasteiger partial charge in [0.05, 0.1) is 14.2 Å². The van der Waals surface area contributed by atoms with Crippen LogP contribution >= 0.6 is 15.9 Å². The summed E-state index contributed by atoms with van der Waals surface area (Å²) in [4.78, 5) is 0.504. The second-order valence-corrected chi connectivity index (χ2v) is 7.39. The van der Waals surface area contributed by atoms with Crippen LogP contribution in [0.15, 0.2) is 18.2 Å². The monoisotopic (exact) mass is 328 g/mol. The van der Waals surface area contributed by atoms with Crippen molar-refractivity contribution in [1.29, 1.82) is 0 Å². The zero-order chi connectivity index (χ0) is 14.5. The predicted octanol–water partition coefficient (Wildman–Crippen LogP) is 4.84. The molecule has 0 heterocycles. The molecule has 0 N–H and O–H groups in total. The van der Waals surface area contributed by atoms with E-state index in [9.17, 15) is 0 Å². The first-order chi connectivity index (χ1) is 8.85. The van der Waals surface area contributed by atoms with Gasteiger partial charge in [-0.15, -0.1) is 0 Å². The molecule has 0 saturated heterocycles. The molecule has 0 aliphatic carbocycles. The van der Waals surface area contributed by atoms with Gasteiger partial charge in [0.15, 0.2) is 11.5 Å². The fraction of sp³-hybridized carbons (Fsp3) is 0.625. The zero-order valence-corrected chi connectivity index (χ0v) is 14.2. The molecule has 0 radical (unpaired) electrons. The molecule has 1 atom stereocenters. The van der Waals surface area contributed by atoms with E-state index >= 15 is 0 Å². The lowest BCUT2D eigenvalue weighted by molar-refractivity contribution is 0.354. The maximum absolute atomic E-state index is 5.33. The maximum atomic E-state index is 5.33. The molecule has 3 heteroatoms. The Morgan fingerprint density at radius 3 is 2.26 bits per heavy atom. The van der Waals surface area contributed by atoms with Crippen LogP contribution in [0.1, 0.15) is 39.2 Å². The van der Waals surface area contributed by atoms with Gasteiger partial charge in [-0.3, -0.25) is 0 Å². The third-order valence-corrected chi connectivity index (χ3v) is 3.89. The average molecular weight is 329 g/mol. The number of hydrogen-bond acceptors (Lipinski definition) is 2. The van der Waals surface area contributed by atoms with Crippen molar-refractivity contribution in [2.24, 2.45) is 5.41 Å². The van der Waals surface area contributed by atoms with Crippen LogP contribution in [0.25, 0.3) is 0 Å². The van der Waals surface area contributed by atoms with E-state index < -0.39 is 0 Å². The van der Waals surface area contributed by atoms with Gasteiger partial charge >= 0.3 is 0 Å². The molecule has 0 bridgehead atoms. The largest absolute Gasteiger partial charge is 0.493 e. The van der Waals surface area contributed by atoms with Crippen molar-refractivity contribution in [1.82, 2.24) is 0 Å². The highest BCUT2D eigenvalue weighted by Crippen LogP contribution is 2.30. The summed E-state index contributed by atoms with van der Waals surface area (Å²) in [5.74, 6) is 1.59. The van der Waals surface area contributed by atoms with Gasteiger partial charge in [-0.05, 0) is 42.4 Å². The minimum atomic E-state index is 0.392. The van der Waals surface area contributed by atoms with Crippen molar-refractivity contribution in [3.05, 3.63) is 23.8 Å². The van der Waals surface area contributed by atoms with Crippen molar-refractivity contribution < 1.29 is 9.47 Å². The molecule has 1 rings (SSSR count). The van der Waals surface area contributed by atoms with Crippen molar-refractivity contribution in [2.75, 3.05) is 14.2 Å². The number of benzene rings is 1. The Bertz CT molecular complexity index is 396. The smallest absolute Gasteiger partial charge is 0.160 e. The highest BCUT2D eigenvalue weighted by Gasteiger charge is 2.14. The van der Waals surface area contributed by atoms with Crippen LogP contribution < -0.4 is 9.47 Å². The van der Waals surface area contributed by atoms with E-state index in [1.165, 1.54) is 18.4 Å². The van der Waals surface area contributed by atoms with Crippen molar-refractivity contribution in [3.63, 3.8) is 0 Å². The summed E-state index contributed by atoms with van der Waals surface area (Å²) < 4.78 is 10.6. The van der Waals surface area contributed by atoms with Crippen LogP contribution in [-0.2, 0) is 6.42 Å². The first-order valence-corrected chi connectivity index (χ1v) is 7.62. The first-order valence-electron chi connectivity index (χ1n) is 6.70. The molecule has 0 aliphatic rings. The fourth-order valence-corrected chi connectivity index (χ4v) is 2.56. The Morgan fingerprint density at radius 2 is 1.74 bits per heavy atom. The second kappa shape index (κ2) is 7.18. The minimum absolute atomic E-state index is 0.392. The molecule has 0 spiro atoms. The molecule has 0 amide bonds. The van der Waals surface area contributed by atoms with Crippen LogP contribution in [0.5, 0.6) is 11.5 Å². The summed E-state index contributed by atoms with van der Waals surface area (Å²) in [5, 5.41) is 0. The third-order valence-electron chi connectivity index (χ3n) is 3.11. The SMILES string of the molecule is COc1ccc(CC(Br)CCC(C)(C)C)cc1OC. The molecule has 0 saturated carbocycles. The minimum Gasteiger partial charge on any atom is -0.493 e. The summed E-state index contributed by atoms with van der Waals surface area (Å²) in [6, 6.07) is 6.13. The van der Waals surface area contributed by atoms with Gasteiger partial charge in [0.25, 0.3) is 0 Å². The predicted molar refractivity (Wildman–Crippen MR) is 84.7 cm³/mol. The van der Waals surface area contributed by atoms with E-state index in [-0.39, 0.29) is 0 Å². The Balaban J connectivity index is 2.61. The molecule has 19 heavy (non-hydrogen) atoms. The van der Waals surface area contributed by atoms with Crippen molar-refractivity contribution in [3.8, 4) is 11.5 Å². The Morgan fingerprint density at radius 1 is 1.11 bits per heavy atom. The number of methoxy groups -OCH3 is 2. The molecule has 0 aliphatic heterocycles. The van der Waals surface area contributed by atoms with Gasteiger partial charge in [-0.2, -0.15) is 0 Å². The standard InChI is InChI=1S/C16H25BrO2/c1-16(2,3)9-8-13(17)10-12-6-7-14(18-4)15(11-12)19-5/h6-7,11,13H,8-10H2,1-5H3. The fourth-order valence-electron chi connectivity index (χ4n) is 1.96. The second-order valence-electron chi connectivity index (χ2n) is 6.09. The van der Waals surface area contributed by atoms with E-state index in [1.807, 2.05) is 6.07 Å². The quantitative estimate of drug-likeness (QED) is 0.696. The summed E-state index contributed by atoms with van der Waals surface area (Å²) in [6.45, 7) is 6.84. The van der Waals surface area contributed by atoms with E-state index in [0.29, 0.717) is 10.2 Å². The summed E-state index contributed by atoms with van der Waals surface area (Å²) in [7, 11) is 3.33. The van der Waals surface area contributed by atoms with Crippen LogP contribution in [0, 0.1) is 5.41 Å². The van der Waals surface area contributed by atoms with Crippen LogP contribution in [-0.4, -0.2) is 19.0 Å². The lowest BCUT2D eigenvalue weighted by Gasteiger charge is -2.20. The molecule has 0 aromatic heterocycles. The van der Waals surface area contributed by atoms with Gasteiger partial charge < -0.3 is 9.47 Å². The van der Waals surface area contributed by atoms with Gasteiger partial charge in [0.1, 0.15) is 0 Å². The number of hydrogen-bond donors (Lipinski definition) is 0. The van der Waals surface area contributed by atoms with Crippen molar-refractivity contribution in [2.45, 2.75) is 44.9 Å². The zero-order valence-electron chi connectivity index (χ0n) is 12.6. The average Bonchev–Trinajstić information content (AvgIpc) is 2.35. The Hall–Kier alpha value is -0.700. The normalized spacial score (nSPS) is 13.2. The number of ether oxygens (including phenoxy) is 2. The Kier molecular flexibility index (Phi) is 6.18. The van der Waals surface area contributed by atoms with E-state index in [1.54, 1.807) is 14.2 Å². The molecular formula is C16H25BrO2. The van der Waals surface area contributed by atoms with Crippen LogP contribution in [0.4, 0.5) is 0 Å². The first kappa shape index (κ1) is 16.4. The highest BCUT2D eigenvalue weighted by atomic mass is 79.9. The van der Waals surface area contributed by atoms with Gasteiger partial charge in [0, 0.05) is 4.83 Å². The van der Waals surface area contributed by atoms with E-state index in [4.69, 9.17) is 9.47 Å². The third kappa shape index (κ3) is 5.85. The molecule has 2 nitrogen and oxygen atoms in total. The molecule has 108 valence electrons. The molecule has 1 aromatic carbocycles. The van der Waals surface area contributed by atoms with E-state index in [0.717, 1.165) is 17.9 Å². The Labute approximate surface area is 125 Å². The highest BCUT2D eigenvalue weighted by molar-refractivity contribution is 9.09. The topological polar surface area (TPSA) is 18.5 Å². The molecule has 1 aromatic rings. The summed E-state index contributed by atoms with van der Waals surface area (Å²) in [6.07, 6.45) is 3.41. The van der Waals surface area contributed by atoms with Crippen LogP contribution in [0.2, 0.25) is 0 Å². The summed E-state index contributed by atoms with van der Waals surface area (Å²) in [5.41, 5.74) is 1.66. The maximum Gasteiger partial charge on any atom is 0.160 e. The lowest BCUT2D eigenvalue weighted by atomic mass is 9.89. The molecule has 1 unspecified atom stereocenters. The van der Waals surface area contributed by atoms with Gasteiger partial charge in [0.2, 0.25) is 0 Å². The van der Waals surface area contributed by atoms with Gasteiger partial charge in [-0.25, -0.2) is 0 Å².